The number of hydrogen-bond acceptors (Lipinski definition) is 3. The third-order valence-corrected chi connectivity index (χ3v) is 1.85. The fourth-order valence-corrected chi connectivity index (χ4v) is 1.22. The molecule has 1 heterocycles. The lowest BCUT2D eigenvalue weighted by Gasteiger charge is -2.11. The lowest BCUT2D eigenvalue weighted by molar-refractivity contribution is -0.136. The summed E-state index contributed by atoms with van der Waals surface area (Å²) in [5, 5.41) is 8.51. The molecule has 0 amide bonds. The first kappa shape index (κ1) is 12.3. The van der Waals surface area contributed by atoms with Gasteiger partial charge in [-0.15, -0.1) is 0 Å². The Morgan fingerprint density at radius 3 is 2.69 bits per heavy atom. The molecule has 0 atom stereocenters. The second-order valence-corrected chi connectivity index (χ2v) is 2.87. The van der Waals surface area contributed by atoms with Gasteiger partial charge < -0.3 is 9.84 Å². The summed E-state index contributed by atoms with van der Waals surface area (Å²) in [6, 6.07) is 0. The highest BCUT2D eigenvalue weighted by atomic mass is 19.3. The quantitative estimate of drug-likeness (QED) is 0.864. The van der Waals surface area contributed by atoms with Crippen molar-refractivity contribution in [3.63, 3.8) is 0 Å². The van der Waals surface area contributed by atoms with E-state index in [4.69, 9.17) is 5.11 Å². The predicted molar refractivity (Wildman–Crippen MR) is 47.0 cm³/mol. The van der Waals surface area contributed by atoms with Crippen molar-refractivity contribution in [1.29, 1.82) is 0 Å². The zero-order valence-corrected chi connectivity index (χ0v) is 8.21. The Morgan fingerprint density at radius 2 is 2.25 bits per heavy atom. The first-order valence-electron chi connectivity index (χ1n) is 4.18. The van der Waals surface area contributed by atoms with Crippen molar-refractivity contribution in [1.82, 2.24) is 4.98 Å². The SMILES string of the molecule is COc1c(C(F)F)ncc(F)c1CC(=O)O. The van der Waals surface area contributed by atoms with Gasteiger partial charge in [0.1, 0.15) is 11.5 Å². The van der Waals surface area contributed by atoms with Crippen LogP contribution in [-0.2, 0) is 11.2 Å². The van der Waals surface area contributed by atoms with E-state index in [9.17, 15) is 18.0 Å². The normalized spacial score (nSPS) is 10.6. The van der Waals surface area contributed by atoms with Crippen molar-refractivity contribution < 1.29 is 27.8 Å². The number of ether oxygens (including phenoxy) is 1. The van der Waals surface area contributed by atoms with Gasteiger partial charge in [0, 0.05) is 5.56 Å². The summed E-state index contributed by atoms with van der Waals surface area (Å²) in [6.07, 6.45) is -3.14. The van der Waals surface area contributed by atoms with Gasteiger partial charge in [-0.2, -0.15) is 0 Å². The predicted octanol–water partition coefficient (Wildman–Crippen LogP) is 1.79. The average molecular weight is 235 g/mol. The lowest BCUT2D eigenvalue weighted by Crippen LogP contribution is -2.08. The van der Waals surface area contributed by atoms with Crippen molar-refractivity contribution in [2.24, 2.45) is 0 Å². The van der Waals surface area contributed by atoms with Gasteiger partial charge >= 0.3 is 5.97 Å². The van der Waals surface area contributed by atoms with Gasteiger partial charge in [-0.3, -0.25) is 4.79 Å². The molecule has 0 saturated heterocycles. The third-order valence-electron chi connectivity index (χ3n) is 1.85. The number of rotatable bonds is 4. The van der Waals surface area contributed by atoms with Crippen LogP contribution in [0.3, 0.4) is 0 Å². The molecule has 1 N–H and O–H groups in total. The fraction of sp³-hybridized carbons (Fsp3) is 0.333. The van der Waals surface area contributed by atoms with Crippen LogP contribution >= 0.6 is 0 Å². The highest BCUT2D eigenvalue weighted by molar-refractivity contribution is 5.71. The molecule has 0 fully saturated rings. The van der Waals surface area contributed by atoms with Gasteiger partial charge in [0.15, 0.2) is 5.75 Å². The topological polar surface area (TPSA) is 59.4 Å². The highest BCUT2D eigenvalue weighted by Crippen LogP contribution is 2.31. The number of carbonyl (C=O) groups is 1. The number of pyridine rings is 1. The third kappa shape index (κ3) is 2.41. The van der Waals surface area contributed by atoms with E-state index >= 15 is 0 Å². The zero-order valence-electron chi connectivity index (χ0n) is 8.21. The fourth-order valence-electron chi connectivity index (χ4n) is 1.22. The summed E-state index contributed by atoms with van der Waals surface area (Å²) in [7, 11) is 1.05. The monoisotopic (exact) mass is 235 g/mol. The summed E-state index contributed by atoms with van der Waals surface area (Å²) < 4.78 is 42.7. The number of aliphatic carboxylic acids is 1. The molecular weight excluding hydrogens is 227 g/mol. The van der Waals surface area contributed by atoms with E-state index in [1.807, 2.05) is 0 Å². The number of methoxy groups -OCH3 is 1. The number of hydrogen-bond donors (Lipinski definition) is 1. The van der Waals surface area contributed by atoms with Crippen LogP contribution in [0.25, 0.3) is 0 Å². The van der Waals surface area contributed by atoms with Crippen molar-refractivity contribution in [3.8, 4) is 5.75 Å². The number of nitrogens with zero attached hydrogens (tertiary/aromatic N) is 1. The van der Waals surface area contributed by atoms with Gasteiger partial charge in [-0.05, 0) is 0 Å². The maximum atomic E-state index is 13.2. The number of aromatic nitrogens is 1. The van der Waals surface area contributed by atoms with E-state index in [1.54, 1.807) is 0 Å². The van der Waals surface area contributed by atoms with Crippen molar-refractivity contribution in [3.05, 3.63) is 23.3 Å². The molecule has 0 bridgehead atoms. The minimum Gasteiger partial charge on any atom is -0.494 e. The van der Waals surface area contributed by atoms with E-state index in [-0.39, 0.29) is 0 Å². The molecule has 4 nitrogen and oxygen atoms in total. The van der Waals surface area contributed by atoms with Crippen LogP contribution in [0.4, 0.5) is 13.2 Å². The van der Waals surface area contributed by atoms with Crippen molar-refractivity contribution in [2.75, 3.05) is 7.11 Å². The molecule has 0 radical (unpaired) electrons. The van der Waals surface area contributed by atoms with Crippen LogP contribution in [0.1, 0.15) is 17.7 Å². The largest absolute Gasteiger partial charge is 0.494 e. The molecule has 0 aromatic carbocycles. The Balaban J connectivity index is 3.32. The maximum absolute atomic E-state index is 13.2. The molecule has 88 valence electrons. The molecule has 7 heteroatoms. The van der Waals surface area contributed by atoms with Gasteiger partial charge in [0.25, 0.3) is 6.43 Å². The molecule has 0 aliphatic heterocycles. The number of carboxylic acid groups (broad SMARTS) is 1. The molecule has 1 aromatic rings. The second kappa shape index (κ2) is 4.82. The Morgan fingerprint density at radius 1 is 1.62 bits per heavy atom. The average Bonchev–Trinajstić information content (AvgIpc) is 2.19. The molecule has 0 unspecified atom stereocenters. The van der Waals surface area contributed by atoms with Gasteiger partial charge in [0.05, 0.1) is 19.7 Å². The summed E-state index contributed by atoms with van der Waals surface area (Å²) in [5.41, 5.74) is -1.19. The van der Waals surface area contributed by atoms with Gasteiger partial charge in [-0.25, -0.2) is 18.2 Å². The smallest absolute Gasteiger partial charge is 0.308 e. The highest BCUT2D eigenvalue weighted by Gasteiger charge is 2.23. The summed E-state index contributed by atoms with van der Waals surface area (Å²) >= 11 is 0. The molecule has 0 aliphatic rings. The van der Waals surface area contributed by atoms with E-state index in [2.05, 4.69) is 9.72 Å². The minimum atomic E-state index is -2.96. The number of alkyl halides is 2. The molecule has 0 saturated carbocycles. The Bertz CT molecular complexity index is 409. The molecule has 1 rings (SSSR count). The molecule has 0 spiro atoms. The Hall–Kier alpha value is -1.79. The Kier molecular flexibility index (Phi) is 3.70. The molecule has 1 aromatic heterocycles. The van der Waals surface area contributed by atoms with E-state index in [1.165, 1.54) is 0 Å². The van der Waals surface area contributed by atoms with Crippen molar-refractivity contribution in [2.45, 2.75) is 12.8 Å². The molecular formula is C9H8F3NO3. The van der Waals surface area contributed by atoms with Crippen LogP contribution in [0, 0.1) is 5.82 Å². The van der Waals surface area contributed by atoms with Crippen LogP contribution in [0.2, 0.25) is 0 Å². The summed E-state index contributed by atoms with van der Waals surface area (Å²) in [5.74, 6) is -2.84. The second-order valence-electron chi connectivity index (χ2n) is 2.87. The first-order valence-corrected chi connectivity index (χ1v) is 4.18. The van der Waals surface area contributed by atoms with Crippen LogP contribution in [0.5, 0.6) is 5.75 Å². The van der Waals surface area contributed by atoms with E-state index in [0.29, 0.717) is 6.20 Å². The minimum absolute atomic E-state index is 0.430. The Labute approximate surface area is 88.7 Å². The van der Waals surface area contributed by atoms with Gasteiger partial charge in [0.2, 0.25) is 0 Å². The molecule has 0 aliphatic carbocycles. The van der Waals surface area contributed by atoms with Crippen LogP contribution in [0.15, 0.2) is 6.20 Å². The van der Waals surface area contributed by atoms with Gasteiger partial charge in [-0.1, -0.05) is 0 Å². The first-order chi connectivity index (χ1) is 7.47. The zero-order chi connectivity index (χ0) is 12.3. The maximum Gasteiger partial charge on any atom is 0.308 e. The van der Waals surface area contributed by atoms with Crippen molar-refractivity contribution >= 4 is 5.97 Å². The van der Waals surface area contributed by atoms with E-state index in [0.717, 1.165) is 7.11 Å². The lowest BCUT2D eigenvalue weighted by atomic mass is 10.1. The number of carboxylic acids is 1. The van der Waals surface area contributed by atoms with Crippen LogP contribution in [-0.4, -0.2) is 23.2 Å². The summed E-state index contributed by atoms with van der Waals surface area (Å²) in [4.78, 5) is 13.6. The standard InChI is InChI=1S/C9H8F3NO3/c1-16-8-4(2-6(14)15)5(10)3-13-7(8)9(11)12/h3,9H,2H2,1H3,(H,14,15). The van der Waals surface area contributed by atoms with E-state index < -0.39 is 41.6 Å². The summed E-state index contributed by atoms with van der Waals surface area (Å²) in [6.45, 7) is 0. The number of halogens is 3. The molecule has 16 heavy (non-hydrogen) atoms. The van der Waals surface area contributed by atoms with Crippen LogP contribution < -0.4 is 4.74 Å².